The quantitative estimate of drug-likeness (QED) is 0.451. The summed E-state index contributed by atoms with van der Waals surface area (Å²) in [5.74, 6) is 0. The van der Waals surface area contributed by atoms with Gasteiger partial charge in [0.15, 0.2) is 5.70 Å². The zero-order valence-corrected chi connectivity index (χ0v) is 16.3. The van der Waals surface area contributed by atoms with Gasteiger partial charge in [0, 0.05) is 44.7 Å². The van der Waals surface area contributed by atoms with Crippen LogP contribution in [0.5, 0.6) is 0 Å². The van der Waals surface area contributed by atoms with Crippen LogP contribution < -0.4 is 0 Å². The summed E-state index contributed by atoms with van der Waals surface area (Å²) in [7, 11) is 0. The second-order valence-corrected chi connectivity index (χ2v) is 8.84. The molecule has 0 saturated heterocycles. The number of hydrogen-bond donors (Lipinski definition) is 0. The molecule has 0 aliphatic carbocycles. The highest BCUT2D eigenvalue weighted by Crippen LogP contribution is 2.43. The normalized spacial score (nSPS) is 19.0. The topological polar surface area (TPSA) is 7.94 Å². The molecule has 2 nitrogen and oxygen atoms in total. The average molecular weight is 511 g/mol. The number of hydrogen-bond acceptors (Lipinski definition) is 1. The number of thiophene rings is 1. The molecule has 2 aromatic rings. The van der Waals surface area contributed by atoms with Crippen LogP contribution in [0.15, 0.2) is 49.8 Å². The van der Waals surface area contributed by atoms with E-state index >= 15 is 0 Å². The molecule has 2 aliphatic heterocycles. The second kappa shape index (κ2) is 4.99. The summed E-state index contributed by atoms with van der Waals surface area (Å²) in [6.45, 7) is -3.95. The molecule has 2 aromatic heterocycles. The van der Waals surface area contributed by atoms with Gasteiger partial charge in [-0.15, -0.1) is 11.3 Å². The molecule has 0 amide bonds. The number of allylic oxidation sites excluding steroid dienone is 2. The Bertz CT molecular complexity index is 910. The molecule has 112 valence electrons. The minimum Gasteiger partial charge on any atom is -0.389 e. The highest BCUT2D eigenvalue weighted by Gasteiger charge is 2.54. The van der Waals surface area contributed by atoms with Crippen molar-refractivity contribution in [3.8, 4) is 0 Å². The first-order valence-electron chi connectivity index (χ1n) is 6.29. The van der Waals surface area contributed by atoms with Gasteiger partial charge in [-0.05, 0) is 50.1 Å². The molecule has 9 heteroatoms. The summed E-state index contributed by atoms with van der Waals surface area (Å²) >= 11 is 11.5. The van der Waals surface area contributed by atoms with Gasteiger partial charge in [-0.3, -0.25) is 0 Å². The fourth-order valence-electron chi connectivity index (χ4n) is 2.87. The van der Waals surface area contributed by atoms with Crippen molar-refractivity contribution in [1.29, 1.82) is 0 Å². The molecule has 0 saturated carbocycles. The first kappa shape index (κ1) is 15.0. The van der Waals surface area contributed by atoms with Crippen molar-refractivity contribution in [2.45, 2.75) is 0 Å². The van der Waals surface area contributed by atoms with Gasteiger partial charge in [0.05, 0.1) is 14.0 Å². The number of nitrogens with zero attached hydrogens (tertiary/aromatic N) is 2. The van der Waals surface area contributed by atoms with Gasteiger partial charge in [0.2, 0.25) is 4.62 Å². The molecule has 4 heterocycles. The van der Waals surface area contributed by atoms with E-state index in [1.807, 2.05) is 11.4 Å². The lowest BCUT2D eigenvalue weighted by atomic mass is 9.87. The summed E-state index contributed by atoms with van der Waals surface area (Å²) in [6.07, 6.45) is 3.39. The molecule has 0 fully saturated rings. The van der Waals surface area contributed by atoms with E-state index in [1.165, 1.54) is 11.3 Å². The Labute approximate surface area is 154 Å². The van der Waals surface area contributed by atoms with Crippen LogP contribution in [0.1, 0.15) is 11.3 Å². The maximum atomic E-state index is 15.0. The third-order valence-electron chi connectivity index (χ3n) is 3.73. The van der Waals surface area contributed by atoms with Crippen molar-refractivity contribution in [2.24, 2.45) is 0 Å². The van der Waals surface area contributed by atoms with Crippen LogP contribution in [0.4, 0.5) is 8.63 Å². The summed E-state index contributed by atoms with van der Waals surface area (Å²) in [4.78, 5) is 0. The molecule has 2 aliphatic rings. The Kier molecular flexibility index (Phi) is 3.42. The first-order valence-corrected chi connectivity index (χ1v) is 9.55. The second-order valence-electron chi connectivity index (χ2n) is 4.93. The monoisotopic (exact) mass is 508 g/mol. The molecule has 0 bridgehead atoms. The lowest BCUT2D eigenvalue weighted by molar-refractivity contribution is -0.358. The smallest absolute Gasteiger partial charge is 0.389 e. The SMILES string of the molecule is F[B-]1(F)n2c(Br)ccc2C(c2csc(Br)c2)=C2C=CC(Br)=[N+]21. The predicted molar refractivity (Wildman–Crippen MR) is 96.9 cm³/mol. The third-order valence-corrected chi connectivity index (χ3v) is 6.52. The van der Waals surface area contributed by atoms with Crippen molar-refractivity contribution >= 4 is 76.3 Å². The highest BCUT2D eigenvalue weighted by molar-refractivity contribution is 9.18. The third kappa shape index (κ3) is 1.95. The number of halogens is 5. The summed E-state index contributed by atoms with van der Waals surface area (Å²) in [6, 6.07) is 5.34. The van der Waals surface area contributed by atoms with Crippen LogP contribution in [-0.2, 0) is 0 Å². The standard InChI is InChI=1S/C13H6BBr3F2N2S/c15-10-3-1-8-13(7-5-12(17)22-6-7)9-2-4-11(16)21(9)14(18,19)20(8)10/h1-6H. The van der Waals surface area contributed by atoms with E-state index in [0.717, 1.165) is 23.9 Å². The fraction of sp³-hybridized carbons (Fsp3) is 0. The van der Waals surface area contributed by atoms with Crippen molar-refractivity contribution in [3.05, 3.63) is 61.1 Å². The Morgan fingerprint density at radius 3 is 2.59 bits per heavy atom. The summed E-state index contributed by atoms with van der Waals surface area (Å²) < 4.78 is 33.8. The average Bonchev–Trinajstić information content (AvgIpc) is 3.12. The highest BCUT2D eigenvalue weighted by atomic mass is 79.9. The number of fused-ring (bicyclic) bond motifs is 2. The van der Waals surface area contributed by atoms with E-state index in [9.17, 15) is 8.63 Å². The molecule has 0 N–H and O–H groups in total. The van der Waals surface area contributed by atoms with Gasteiger partial charge < -0.3 is 17.6 Å². The van der Waals surface area contributed by atoms with Crippen molar-refractivity contribution in [2.75, 3.05) is 0 Å². The molecule has 22 heavy (non-hydrogen) atoms. The molecular formula is C13H6BBr3F2N2S. The van der Waals surface area contributed by atoms with Crippen molar-refractivity contribution in [1.82, 2.24) is 4.48 Å². The van der Waals surface area contributed by atoms with E-state index < -0.39 is 6.97 Å². The van der Waals surface area contributed by atoms with E-state index in [0.29, 0.717) is 20.6 Å². The Morgan fingerprint density at radius 2 is 1.91 bits per heavy atom. The zero-order chi connectivity index (χ0) is 15.6. The molecule has 0 aromatic carbocycles. The van der Waals surface area contributed by atoms with Gasteiger partial charge in [-0.2, -0.15) is 0 Å². The maximum Gasteiger partial charge on any atom is 0.738 e. The van der Waals surface area contributed by atoms with Crippen LogP contribution in [0, 0.1) is 0 Å². The van der Waals surface area contributed by atoms with E-state index in [4.69, 9.17) is 0 Å². The Balaban J connectivity index is 2.12. The van der Waals surface area contributed by atoms with E-state index in [1.54, 1.807) is 24.3 Å². The molecular weight excluding hydrogens is 505 g/mol. The summed E-state index contributed by atoms with van der Waals surface area (Å²) in [5.41, 5.74) is 2.74. The van der Waals surface area contributed by atoms with Crippen molar-refractivity contribution in [3.63, 3.8) is 0 Å². The van der Waals surface area contributed by atoms with Gasteiger partial charge in [-0.25, -0.2) is 0 Å². The Hall–Kier alpha value is -0.505. The largest absolute Gasteiger partial charge is 0.738 e. The van der Waals surface area contributed by atoms with Crippen LogP contribution in [0.2, 0.25) is 0 Å². The molecule has 0 spiro atoms. The molecule has 4 rings (SSSR count). The van der Waals surface area contributed by atoms with E-state index in [-0.39, 0.29) is 0 Å². The van der Waals surface area contributed by atoms with Crippen LogP contribution in [0.25, 0.3) is 5.57 Å². The minimum absolute atomic E-state index is 0.366. The Morgan fingerprint density at radius 1 is 1.14 bits per heavy atom. The van der Waals surface area contributed by atoms with Gasteiger partial charge in [0.25, 0.3) is 0 Å². The van der Waals surface area contributed by atoms with Gasteiger partial charge in [-0.1, -0.05) is 0 Å². The lowest BCUT2D eigenvalue weighted by Gasteiger charge is -2.31. The van der Waals surface area contributed by atoms with Gasteiger partial charge in [0.1, 0.15) is 0 Å². The summed E-state index contributed by atoms with van der Waals surface area (Å²) in [5, 5.41) is 1.96. The minimum atomic E-state index is -3.95. The molecule has 0 radical (unpaired) electrons. The lowest BCUT2D eigenvalue weighted by Crippen LogP contribution is -2.50. The van der Waals surface area contributed by atoms with Crippen LogP contribution in [0.3, 0.4) is 0 Å². The molecule has 0 atom stereocenters. The van der Waals surface area contributed by atoms with Crippen LogP contribution >= 0.6 is 59.1 Å². The maximum absolute atomic E-state index is 15.0. The van der Waals surface area contributed by atoms with Gasteiger partial charge >= 0.3 is 6.97 Å². The predicted octanol–water partition coefficient (Wildman–Crippen LogP) is 5.45. The zero-order valence-electron chi connectivity index (χ0n) is 10.7. The number of rotatable bonds is 1. The fourth-order valence-corrected chi connectivity index (χ4v) is 5.16. The van der Waals surface area contributed by atoms with Crippen LogP contribution in [-0.4, -0.2) is 20.6 Å². The number of aromatic nitrogens is 1. The molecule has 0 unspecified atom stereocenters. The van der Waals surface area contributed by atoms with Crippen molar-refractivity contribution < 1.29 is 13.1 Å². The first-order chi connectivity index (χ1) is 10.4. The van der Waals surface area contributed by atoms with E-state index in [2.05, 4.69) is 47.8 Å².